The van der Waals surface area contributed by atoms with E-state index in [1.54, 1.807) is 0 Å². The van der Waals surface area contributed by atoms with Crippen LogP contribution in [0.15, 0.2) is 23.2 Å². The molecule has 0 unspecified atom stereocenters. The standard InChI is InChI=1S/C16H19NO4.Na/c18-16(19)12-3-1-11(2-4-12)8-17-9-13-5-6-14-7-15(13)21-10-20-14;/h5-7,9,11-12H,1-4,8,10H2,(H,18,19);/q;+1/p-1. The van der Waals surface area contributed by atoms with Gasteiger partial charge in [-0.15, -0.1) is 0 Å². The number of nitrogens with zero attached hydrogens (tertiary/aromatic N) is 1. The number of carbonyl (C=O) groups is 1. The summed E-state index contributed by atoms with van der Waals surface area (Å²) in [7, 11) is 0. The molecule has 22 heavy (non-hydrogen) atoms. The number of aliphatic carboxylic acids is 1. The molecule has 0 aromatic heterocycles. The van der Waals surface area contributed by atoms with Crippen LogP contribution in [-0.2, 0) is 4.79 Å². The van der Waals surface area contributed by atoms with E-state index in [2.05, 4.69) is 4.99 Å². The Morgan fingerprint density at radius 1 is 1.27 bits per heavy atom. The first-order chi connectivity index (χ1) is 10.2. The second-order valence-corrected chi connectivity index (χ2v) is 5.64. The largest absolute Gasteiger partial charge is 1.00 e. The zero-order chi connectivity index (χ0) is 14.7. The SMILES string of the molecule is O=C([O-])C1CCC(CN=Cc2ccc3cc2OCO3)CC1.[Na+]. The van der Waals surface area contributed by atoms with E-state index in [1.807, 2.05) is 24.4 Å². The smallest absolute Gasteiger partial charge is 0.550 e. The second-order valence-electron chi connectivity index (χ2n) is 5.64. The first-order valence-electron chi connectivity index (χ1n) is 7.32. The van der Waals surface area contributed by atoms with Crippen molar-refractivity contribution in [2.45, 2.75) is 25.7 Å². The molecule has 1 aromatic carbocycles. The molecule has 1 aliphatic heterocycles. The number of carboxylic acid groups (broad SMARTS) is 1. The minimum atomic E-state index is -0.907. The maximum atomic E-state index is 10.8. The molecular formula is C16H18NNaO4. The van der Waals surface area contributed by atoms with Crippen molar-refractivity contribution in [1.82, 2.24) is 0 Å². The zero-order valence-corrected chi connectivity index (χ0v) is 14.8. The number of carboxylic acids is 1. The minimum absolute atomic E-state index is 0. The van der Waals surface area contributed by atoms with Crippen molar-refractivity contribution in [3.05, 3.63) is 23.8 Å². The molecule has 0 saturated heterocycles. The number of fused-ring (bicyclic) bond motifs is 2. The van der Waals surface area contributed by atoms with E-state index in [0.29, 0.717) is 18.8 Å². The average molecular weight is 311 g/mol. The van der Waals surface area contributed by atoms with Crippen molar-refractivity contribution in [2.75, 3.05) is 13.3 Å². The summed E-state index contributed by atoms with van der Waals surface area (Å²) in [6.07, 6.45) is 5.07. The molecule has 2 aliphatic rings. The molecule has 0 spiro atoms. The van der Waals surface area contributed by atoms with Crippen molar-refractivity contribution in [1.29, 1.82) is 0 Å². The Hall–Kier alpha value is -1.04. The quantitative estimate of drug-likeness (QED) is 0.496. The molecule has 2 bridgehead atoms. The molecule has 0 N–H and O–H groups in total. The van der Waals surface area contributed by atoms with Gasteiger partial charge < -0.3 is 19.4 Å². The van der Waals surface area contributed by atoms with Crippen LogP contribution in [0, 0.1) is 11.8 Å². The normalized spacial score (nSPS) is 23.3. The molecule has 112 valence electrons. The van der Waals surface area contributed by atoms with Gasteiger partial charge in [0.05, 0.1) is 0 Å². The maximum absolute atomic E-state index is 10.8. The third-order valence-corrected chi connectivity index (χ3v) is 4.20. The Kier molecular flexibility index (Phi) is 6.29. The van der Waals surface area contributed by atoms with Crippen LogP contribution in [0.4, 0.5) is 0 Å². The fourth-order valence-corrected chi connectivity index (χ4v) is 2.88. The van der Waals surface area contributed by atoms with Gasteiger partial charge in [-0.1, -0.05) is 0 Å². The van der Waals surface area contributed by atoms with Crippen LogP contribution in [0.3, 0.4) is 0 Å². The van der Waals surface area contributed by atoms with E-state index in [4.69, 9.17) is 9.47 Å². The molecule has 1 heterocycles. The first-order valence-corrected chi connectivity index (χ1v) is 7.32. The Morgan fingerprint density at radius 3 is 2.77 bits per heavy atom. The van der Waals surface area contributed by atoms with Gasteiger partial charge in [0.1, 0.15) is 11.5 Å². The van der Waals surface area contributed by atoms with E-state index in [0.717, 1.165) is 36.4 Å². The number of aliphatic imine (C=N–C) groups is 1. The van der Waals surface area contributed by atoms with Gasteiger partial charge in [0.2, 0.25) is 6.79 Å². The number of ether oxygens (including phenoxy) is 2. The van der Waals surface area contributed by atoms with Gasteiger partial charge in [0.15, 0.2) is 0 Å². The number of carbonyl (C=O) groups excluding carboxylic acids is 1. The van der Waals surface area contributed by atoms with Crippen LogP contribution < -0.4 is 44.1 Å². The van der Waals surface area contributed by atoms with Gasteiger partial charge in [-0.2, -0.15) is 0 Å². The van der Waals surface area contributed by atoms with Gasteiger partial charge in [0, 0.05) is 30.4 Å². The molecule has 0 atom stereocenters. The summed E-state index contributed by atoms with van der Waals surface area (Å²) in [6.45, 7) is 0.980. The minimum Gasteiger partial charge on any atom is -0.550 e. The molecule has 0 radical (unpaired) electrons. The van der Waals surface area contributed by atoms with Crippen molar-refractivity contribution >= 4 is 12.2 Å². The summed E-state index contributed by atoms with van der Waals surface area (Å²) in [5, 5.41) is 10.8. The number of benzene rings is 1. The van der Waals surface area contributed by atoms with Crippen molar-refractivity contribution < 1.29 is 48.9 Å². The van der Waals surface area contributed by atoms with Gasteiger partial charge in [-0.3, -0.25) is 4.99 Å². The number of hydrogen-bond donors (Lipinski definition) is 0. The molecule has 1 fully saturated rings. The van der Waals surface area contributed by atoms with E-state index < -0.39 is 5.97 Å². The Balaban J connectivity index is 0.00000176. The van der Waals surface area contributed by atoms with Crippen LogP contribution >= 0.6 is 0 Å². The van der Waals surface area contributed by atoms with Gasteiger partial charge in [-0.25, -0.2) is 0 Å². The monoisotopic (exact) mass is 311 g/mol. The van der Waals surface area contributed by atoms with Crippen molar-refractivity contribution in [3.8, 4) is 11.5 Å². The van der Waals surface area contributed by atoms with Crippen LogP contribution in [0.5, 0.6) is 11.5 Å². The second kappa shape index (κ2) is 7.99. The third kappa shape index (κ3) is 4.24. The van der Waals surface area contributed by atoms with Gasteiger partial charge in [-0.05, 0) is 49.7 Å². The van der Waals surface area contributed by atoms with Gasteiger partial charge >= 0.3 is 29.6 Å². The molecule has 1 saturated carbocycles. The number of rotatable bonds is 4. The van der Waals surface area contributed by atoms with E-state index >= 15 is 0 Å². The summed E-state index contributed by atoms with van der Waals surface area (Å²) in [4.78, 5) is 15.3. The predicted molar refractivity (Wildman–Crippen MR) is 75.5 cm³/mol. The number of hydrogen-bond acceptors (Lipinski definition) is 5. The Labute approximate surface area is 152 Å². The third-order valence-electron chi connectivity index (χ3n) is 4.20. The molecule has 3 rings (SSSR count). The summed E-state index contributed by atoms with van der Waals surface area (Å²) in [5.41, 5.74) is 0.950. The average Bonchev–Trinajstić information content (AvgIpc) is 2.50. The Bertz CT molecular complexity index is 553. The molecule has 0 amide bonds. The molecule has 6 heteroatoms. The molecular weight excluding hydrogens is 293 g/mol. The molecule has 1 aromatic rings. The van der Waals surface area contributed by atoms with Crippen LogP contribution in [-0.4, -0.2) is 25.5 Å². The van der Waals surface area contributed by atoms with Crippen molar-refractivity contribution in [3.63, 3.8) is 0 Å². The summed E-state index contributed by atoms with van der Waals surface area (Å²) in [6, 6.07) is 5.69. The predicted octanol–water partition coefficient (Wildman–Crippen LogP) is -1.61. The molecule has 1 aliphatic carbocycles. The molecule has 5 nitrogen and oxygen atoms in total. The van der Waals surface area contributed by atoms with Crippen LogP contribution in [0.25, 0.3) is 0 Å². The van der Waals surface area contributed by atoms with E-state index in [-0.39, 0.29) is 42.3 Å². The van der Waals surface area contributed by atoms with Crippen molar-refractivity contribution in [2.24, 2.45) is 16.8 Å². The fraction of sp³-hybridized carbons (Fsp3) is 0.500. The summed E-state index contributed by atoms with van der Waals surface area (Å²) >= 11 is 0. The van der Waals surface area contributed by atoms with E-state index in [9.17, 15) is 9.90 Å². The zero-order valence-electron chi connectivity index (χ0n) is 12.8. The Morgan fingerprint density at radius 2 is 2.05 bits per heavy atom. The summed E-state index contributed by atoms with van der Waals surface area (Å²) in [5.74, 6) is 0.903. The van der Waals surface area contributed by atoms with Gasteiger partial charge in [0.25, 0.3) is 0 Å². The van der Waals surface area contributed by atoms with E-state index in [1.165, 1.54) is 0 Å². The van der Waals surface area contributed by atoms with Crippen LogP contribution in [0.1, 0.15) is 31.2 Å². The maximum Gasteiger partial charge on any atom is 1.00 e. The summed E-state index contributed by atoms with van der Waals surface area (Å²) < 4.78 is 10.7. The van der Waals surface area contributed by atoms with Crippen LogP contribution in [0.2, 0.25) is 0 Å². The fourth-order valence-electron chi connectivity index (χ4n) is 2.88. The topological polar surface area (TPSA) is 71.0 Å². The first kappa shape index (κ1) is 17.3.